The largest absolute Gasteiger partial charge is 0.356 e. The first-order valence-electron chi connectivity index (χ1n) is 11.2. The number of aryl methyl sites for hydroxylation is 1. The summed E-state index contributed by atoms with van der Waals surface area (Å²) in [5.41, 5.74) is 2.31. The lowest BCUT2D eigenvalue weighted by Gasteiger charge is -2.33. The van der Waals surface area contributed by atoms with Crippen molar-refractivity contribution in [1.29, 1.82) is 0 Å². The van der Waals surface area contributed by atoms with Crippen molar-refractivity contribution in [1.82, 2.24) is 15.3 Å². The molecule has 1 saturated heterocycles. The van der Waals surface area contributed by atoms with Crippen molar-refractivity contribution in [2.75, 3.05) is 18.0 Å². The number of piperidine rings is 1. The first-order chi connectivity index (χ1) is 15.2. The highest BCUT2D eigenvalue weighted by molar-refractivity contribution is 5.79. The summed E-state index contributed by atoms with van der Waals surface area (Å²) < 4.78 is 0. The van der Waals surface area contributed by atoms with Gasteiger partial charge in [-0.25, -0.2) is 9.97 Å². The Morgan fingerprint density at radius 1 is 1.10 bits per heavy atom. The van der Waals surface area contributed by atoms with Gasteiger partial charge in [-0.15, -0.1) is 0 Å². The molecule has 1 N–H and O–H groups in total. The molecule has 2 aromatic carbocycles. The van der Waals surface area contributed by atoms with Crippen molar-refractivity contribution >= 4 is 11.7 Å². The topological polar surface area (TPSA) is 58.1 Å². The summed E-state index contributed by atoms with van der Waals surface area (Å²) in [4.78, 5) is 24.3. The van der Waals surface area contributed by atoms with E-state index >= 15 is 0 Å². The average Bonchev–Trinajstić information content (AvgIpc) is 2.84. The summed E-state index contributed by atoms with van der Waals surface area (Å²) in [5.74, 6) is 1.76. The van der Waals surface area contributed by atoms with E-state index in [9.17, 15) is 4.79 Å². The molecule has 160 valence electrons. The molecule has 1 aliphatic heterocycles. The van der Waals surface area contributed by atoms with Crippen molar-refractivity contribution in [3.8, 4) is 11.4 Å². The van der Waals surface area contributed by atoms with Gasteiger partial charge in [-0.3, -0.25) is 4.79 Å². The molecule has 0 radical (unpaired) electrons. The standard InChI is InChI=1S/C26H30N4O/c1-20(14-15-21-9-4-2-5-10-21)28-26(31)23-13-8-18-30(19-23)24-16-17-27-25(29-24)22-11-6-3-7-12-22/h2-7,9-12,16-17,20,23H,8,13-15,18-19H2,1H3,(H,28,31)/t20-,23+/m0/s1. The summed E-state index contributed by atoms with van der Waals surface area (Å²) in [6, 6.07) is 22.5. The zero-order chi connectivity index (χ0) is 21.5. The van der Waals surface area contributed by atoms with Crippen LogP contribution in [0, 0.1) is 5.92 Å². The second-order valence-corrected chi connectivity index (χ2v) is 8.32. The molecule has 3 aromatic rings. The van der Waals surface area contributed by atoms with Crippen molar-refractivity contribution in [2.24, 2.45) is 5.92 Å². The maximum absolute atomic E-state index is 12.9. The number of rotatable bonds is 7. The molecule has 0 saturated carbocycles. The fraction of sp³-hybridized carbons (Fsp3) is 0.346. The van der Waals surface area contributed by atoms with E-state index in [-0.39, 0.29) is 17.9 Å². The number of nitrogens with one attached hydrogen (secondary N) is 1. The van der Waals surface area contributed by atoms with Gasteiger partial charge in [0.15, 0.2) is 5.82 Å². The monoisotopic (exact) mass is 414 g/mol. The van der Waals surface area contributed by atoms with Crippen LogP contribution >= 0.6 is 0 Å². The molecule has 0 spiro atoms. The van der Waals surface area contributed by atoms with Gasteiger partial charge in [-0.1, -0.05) is 60.7 Å². The molecule has 2 atom stereocenters. The fourth-order valence-electron chi connectivity index (χ4n) is 4.11. The predicted molar refractivity (Wildman–Crippen MR) is 125 cm³/mol. The Bertz CT molecular complexity index is 977. The number of hydrogen-bond acceptors (Lipinski definition) is 4. The summed E-state index contributed by atoms with van der Waals surface area (Å²) in [5, 5.41) is 3.23. The van der Waals surface area contributed by atoms with E-state index in [1.165, 1.54) is 5.56 Å². The molecule has 0 bridgehead atoms. The third kappa shape index (κ3) is 5.69. The van der Waals surface area contributed by atoms with Crippen LogP contribution in [0.1, 0.15) is 31.7 Å². The van der Waals surface area contributed by atoms with Crippen molar-refractivity contribution < 1.29 is 4.79 Å². The van der Waals surface area contributed by atoms with Crippen LogP contribution in [0.5, 0.6) is 0 Å². The Labute approximate surface area is 184 Å². The number of aromatic nitrogens is 2. The Morgan fingerprint density at radius 3 is 2.61 bits per heavy atom. The Balaban J connectivity index is 1.34. The van der Waals surface area contributed by atoms with Crippen LogP contribution in [0.25, 0.3) is 11.4 Å². The Kier molecular flexibility index (Phi) is 6.92. The highest BCUT2D eigenvalue weighted by Crippen LogP contribution is 2.24. The molecule has 1 amide bonds. The van der Waals surface area contributed by atoms with Crippen molar-refractivity contribution in [3.63, 3.8) is 0 Å². The van der Waals surface area contributed by atoms with Gasteiger partial charge in [-0.05, 0) is 44.2 Å². The molecule has 5 heteroatoms. The zero-order valence-electron chi connectivity index (χ0n) is 18.1. The Hall–Kier alpha value is -3.21. The first-order valence-corrected chi connectivity index (χ1v) is 11.2. The molecule has 4 rings (SSSR count). The maximum atomic E-state index is 12.9. The summed E-state index contributed by atoms with van der Waals surface area (Å²) in [7, 11) is 0. The third-order valence-corrected chi connectivity index (χ3v) is 5.89. The van der Waals surface area contributed by atoms with E-state index in [0.717, 1.165) is 49.4 Å². The minimum Gasteiger partial charge on any atom is -0.356 e. The van der Waals surface area contributed by atoms with E-state index in [1.807, 2.05) is 42.5 Å². The molecule has 31 heavy (non-hydrogen) atoms. The quantitative estimate of drug-likeness (QED) is 0.619. The van der Waals surface area contributed by atoms with E-state index in [2.05, 4.69) is 46.4 Å². The number of nitrogens with zero attached hydrogens (tertiary/aromatic N) is 3. The van der Waals surface area contributed by atoms with Gasteiger partial charge in [0.25, 0.3) is 0 Å². The number of anilines is 1. The SMILES string of the molecule is C[C@@H](CCc1ccccc1)NC(=O)[C@@H]1CCCN(c2ccnc(-c3ccccc3)n2)C1. The van der Waals surface area contributed by atoms with Crippen LogP contribution in [0.2, 0.25) is 0 Å². The van der Waals surface area contributed by atoms with Gasteiger partial charge < -0.3 is 10.2 Å². The molecule has 5 nitrogen and oxygen atoms in total. The lowest BCUT2D eigenvalue weighted by Crippen LogP contribution is -2.45. The first kappa shape index (κ1) is 21.0. The molecule has 1 fully saturated rings. The van der Waals surface area contributed by atoms with Crippen LogP contribution < -0.4 is 10.2 Å². The van der Waals surface area contributed by atoms with E-state index in [4.69, 9.17) is 4.98 Å². The zero-order valence-corrected chi connectivity index (χ0v) is 18.1. The minimum atomic E-state index is -0.0111. The van der Waals surface area contributed by atoms with Crippen LogP contribution in [0.3, 0.4) is 0 Å². The van der Waals surface area contributed by atoms with Gasteiger partial charge >= 0.3 is 0 Å². The van der Waals surface area contributed by atoms with E-state index in [1.54, 1.807) is 6.20 Å². The molecular formula is C26H30N4O. The number of benzene rings is 2. The highest BCUT2D eigenvalue weighted by atomic mass is 16.2. The molecule has 0 unspecified atom stereocenters. The van der Waals surface area contributed by atoms with Crippen molar-refractivity contribution in [3.05, 3.63) is 78.5 Å². The summed E-state index contributed by atoms with van der Waals surface area (Å²) in [6.07, 6.45) is 5.63. The third-order valence-electron chi connectivity index (χ3n) is 5.89. The number of carbonyl (C=O) groups is 1. The number of hydrogen-bond donors (Lipinski definition) is 1. The number of amides is 1. The van der Waals surface area contributed by atoms with Crippen LogP contribution in [-0.2, 0) is 11.2 Å². The van der Waals surface area contributed by atoms with Gasteiger partial charge in [0.05, 0.1) is 5.92 Å². The minimum absolute atomic E-state index is 0.0111. The van der Waals surface area contributed by atoms with E-state index < -0.39 is 0 Å². The molecule has 1 aliphatic rings. The highest BCUT2D eigenvalue weighted by Gasteiger charge is 2.27. The Morgan fingerprint density at radius 2 is 1.84 bits per heavy atom. The van der Waals surface area contributed by atoms with Gasteiger partial charge in [0.1, 0.15) is 5.82 Å². The van der Waals surface area contributed by atoms with Gasteiger partial charge in [-0.2, -0.15) is 0 Å². The van der Waals surface area contributed by atoms with Crippen molar-refractivity contribution in [2.45, 2.75) is 38.6 Å². The van der Waals surface area contributed by atoms with Crippen LogP contribution in [-0.4, -0.2) is 35.0 Å². The molecule has 1 aromatic heterocycles. The van der Waals surface area contributed by atoms with Gasteiger partial charge in [0, 0.05) is 30.9 Å². The summed E-state index contributed by atoms with van der Waals surface area (Å²) >= 11 is 0. The average molecular weight is 415 g/mol. The van der Waals surface area contributed by atoms with Crippen LogP contribution in [0.15, 0.2) is 72.9 Å². The summed E-state index contributed by atoms with van der Waals surface area (Å²) in [6.45, 7) is 3.71. The fourth-order valence-corrected chi connectivity index (χ4v) is 4.11. The van der Waals surface area contributed by atoms with E-state index in [0.29, 0.717) is 6.54 Å². The molecule has 0 aliphatic carbocycles. The maximum Gasteiger partial charge on any atom is 0.225 e. The molecular weight excluding hydrogens is 384 g/mol. The predicted octanol–water partition coefficient (Wildman–Crippen LogP) is 4.50. The smallest absolute Gasteiger partial charge is 0.225 e. The second-order valence-electron chi connectivity index (χ2n) is 8.32. The number of carbonyl (C=O) groups excluding carboxylic acids is 1. The lowest BCUT2D eigenvalue weighted by atomic mass is 9.96. The van der Waals surface area contributed by atoms with Gasteiger partial charge in [0.2, 0.25) is 5.91 Å². The lowest BCUT2D eigenvalue weighted by molar-refractivity contribution is -0.125. The second kappa shape index (κ2) is 10.2. The molecule has 2 heterocycles. The normalized spacial score (nSPS) is 17.2. The van der Waals surface area contributed by atoms with Crippen LogP contribution in [0.4, 0.5) is 5.82 Å².